The Kier molecular flexibility index (Phi) is 6.07. The van der Waals surface area contributed by atoms with Crippen molar-refractivity contribution in [2.45, 2.75) is 12.6 Å². The Labute approximate surface area is 166 Å². The van der Waals surface area contributed by atoms with E-state index in [1.54, 1.807) is 14.2 Å². The van der Waals surface area contributed by atoms with Crippen molar-refractivity contribution in [2.24, 2.45) is 0 Å². The van der Waals surface area contributed by atoms with Gasteiger partial charge in [-0.2, -0.15) is 13.2 Å². The molecular formula is C19H21ClF3N3O2. The van der Waals surface area contributed by atoms with Crippen molar-refractivity contribution < 1.29 is 22.6 Å². The number of anilines is 2. The van der Waals surface area contributed by atoms with Gasteiger partial charge in [0.05, 0.1) is 19.8 Å². The molecule has 0 unspecified atom stereocenters. The van der Waals surface area contributed by atoms with Gasteiger partial charge in [-0.3, -0.25) is 0 Å². The smallest absolute Gasteiger partial charge is 0.419 e. The Hall–Kier alpha value is -2.35. The average molecular weight is 416 g/mol. The van der Waals surface area contributed by atoms with Crippen molar-refractivity contribution in [1.82, 2.24) is 4.98 Å². The first-order chi connectivity index (χ1) is 13.3. The van der Waals surface area contributed by atoms with Crippen LogP contribution in [0.2, 0.25) is 5.15 Å². The van der Waals surface area contributed by atoms with Crippen LogP contribution in [-0.2, 0) is 6.18 Å². The first-order valence-electron chi connectivity index (χ1n) is 8.78. The molecule has 0 radical (unpaired) electrons. The number of halogens is 4. The van der Waals surface area contributed by atoms with Crippen LogP contribution in [0.1, 0.15) is 12.0 Å². The molecule has 28 heavy (non-hydrogen) atoms. The van der Waals surface area contributed by atoms with Crippen molar-refractivity contribution >= 4 is 23.1 Å². The molecule has 9 heteroatoms. The van der Waals surface area contributed by atoms with Gasteiger partial charge in [0.1, 0.15) is 22.5 Å². The summed E-state index contributed by atoms with van der Waals surface area (Å²) in [4.78, 5) is 8.11. The maximum absolute atomic E-state index is 12.9. The van der Waals surface area contributed by atoms with Crippen molar-refractivity contribution in [3.63, 3.8) is 0 Å². The normalized spacial score (nSPS) is 15.4. The van der Waals surface area contributed by atoms with E-state index in [0.717, 1.165) is 24.7 Å². The summed E-state index contributed by atoms with van der Waals surface area (Å²) in [5.41, 5.74) is 0.0503. The fraction of sp³-hybridized carbons (Fsp3) is 0.421. The number of nitrogens with zero attached hydrogens (tertiary/aromatic N) is 3. The Bertz CT molecular complexity index is 810. The molecule has 1 aliphatic rings. The van der Waals surface area contributed by atoms with Gasteiger partial charge in [0.2, 0.25) is 0 Å². The van der Waals surface area contributed by atoms with Gasteiger partial charge in [0.25, 0.3) is 0 Å². The van der Waals surface area contributed by atoms with E-state index >= 15 is 0 Å². The molecule has 0 amide bonds. The number of methoxy groups -OCH3 is 2. The summed E-state index contributed by atoms with van der Waals surface area (Å²) in [6.07, 6.45) is -3.69. The van der Waals surface area contributed by atoms with Gasteiger partial charge in [0.15, 0.2) is 0 Å². The second kappa shape index (κ2) is 8.34. The molecule has 0 atom stereocenters. The molecule has 0 aliphatic carbocycles. The summed E-state index contributed by atoms with van der Waals surface area (Å²) in [5.74, 6) is 1.85. The van der Waals surface area contributed by atoms with Crippen LogP contribution in [0.5, 0.6) is 11.5 Å². The Balaban J connectivity index is 1.76. The number of benzene rings is 1. The summed E-state index contributed by atoms with van der Waals surface area (Å²) >= 11 is 5.77. The predicted octanol–water partition coefficient (Wildman–Crippen LogP) is 4.49. The van der Waals surface area contributed by atoms with E-state index in [0.29, 0.717) is 37.0 Å². The number of rotatable bonds is 4. The molecule has 0 spiro atoms. The predicted molar refractivity (Wildman–Crippen MR) is 103 cm³/mol. The van der Waals surface area contributed by atoms with Crippen LogP contribution in [0.25, 0.3) is 0 Å². The number of ether oxygens (including phenoxy) is 2. The summed E-state index contributed by atoms with van der Waals surface area (Å²) in [6.45, 7) is 2.75. The second-order valence-corrected chi connectivity index (χ2v) is 6.76. The first-order valence-corrected chi connectivity index (χ1v) is 9.16. The fourth-order valence-corrected chi connectivity index (χ4v) is 3.45. The maximum atomic E-state index is 12.9. The SMILES string of the molecule is COc1cc(OC)cc(N2CCCN(c3ccc(C(F)(F)F)c(Cl)n3)CC2)c1. The monoisotopic (exact) mass is 415 g/mol. The van der Waals surface area contributed by atoms with Crippen LogP contribution in [0.15, 0.2) is 30.3 Å². The highest BCUT2D eigenvalue weighted by Crippen LogP contribution is 2.35. The van der Waals surface area contributed by atoms with Gasteiger partial charge < -0.3 is 19.3 Å². The van der Waals surface area contributed by atoms with E-state index in [4.69, 9.17) is 21.1 Å². The van der Waals surface area contributed by atoms with E-state index < -0.39 is 16.9 Å². The molecule has 0 N–H and O–H groups in total. The molecule has 1 fully saturated rings. The number of hydrogen-bond donors (Lipinski definition) is 0. The van der Waals surface area contributed by atoms with E-state index in [2.05, 4.69) is 9.88 Å². The summed E-state index contributed by atoms with van der Waals surface area (Å²) < 4.78 is 49.3. The summed E-state index contributed by atoms with van der Waals surface area (Å²) in [7, 11) is 3.20. The van der Waals surface area contributed by atoms with Gasteiger partial charge in [-0.1, -0.05) is 11.6 Å². The van der Waals surface area contributed by atoms with Crippen LogP contribution < -0.4 is 19.3 Å². The molecule has 1 saturated heterocycles. The maximum Gasteiger partial charge on any atom is 0.419 e. The zero-order chi connectivity index (χ0) is 20.3. The quantitative estimate of drug-likeness (QED) is 0.688. The zero-order valence-corrected chi connectivity index (χ0v) is 16.3. The van der Waals surface area contributed by atoms with E-state index in [1.807, 2.05) is 23.1 Å². The highest BCUT2D eigenvalue weighted by molar-refractivity contribution is 6.30. The van der Waals surface area contributed by atoms with Crippen LogP contribution in [0.4, 0.5) is 24.7 Å². The van der Waals surface area contributed by atoms with Crippen molar-refractivity contribution in [1.29, 1.82) is 0 Å². The number of alkyl halides is 3. The third-order valence-electron chi connectivity index (χ3n) is 4.66. The van der Waals surface area contributed by atoms with E-state index in [-0.39, 0.29) is 0 Å². The van der Waals surface area contributed by atoms with Crippen LogP contribution in [0.3, 0.4) is 0 Å². The highest BCUT2D eigenvalue weighted by atomic mass is 35.5. The van der Waals surface area contributed by atoms with Crippen molar-refractivity contribution in [2.75, 3.05) is 50.2 Å². The molecule has 1 aromatic carbocycles. The minimum absolute atomic E-state index is 0.447. The molecule has 3 rings (SSSR count). The molecular weight excluding hydrogens is 395 g/mol. The Morgan fingerprint density at radius 3 is 2.11 bits per heavy atom. The second-order valence-electron chi connectivity index (χ2n) is 6.40. The van der Waals surface area contributed by atoms with Gasteiger partial charge in [0, 0.05) is 50.1 Å². The van der Waals surface area contributed by atoms with E-state index in [1.165, 1.54) is 6.07 Å². The lowest BCUT2D eigenvalue weighted by Crippen LogP contribution is -2.31. The van der Waals surface area contributed by atoms with Gasteiger partial charge in [-0.15, -0.1) is 0 Å². The third-order valence-corrected chi connectivity index (χ3v) is 4.95. The highest BCUT2D eigenvalue weighted by Gasteiger charge is 2.34. The standard InChI is InChI=1S/C19H21ClF3N3O2/c1-27-14-10-13(11-15(12-14)28-2)25-6-3-7-26(9-8-25)17-5-4-16(18(20)24-17)19(21,22)23/h4-5,10-12H,3,6-9H2,1-2H3. The molecule has 5 nitrogen and oxygen atoms in total. The third kappa shape index (κ3) is 4.55. The zero-order valence-electron chi connectivity index (χ0n) is 15.6. The number of aromatic nitrogens is 1. The molecule has 2 aromatic rings. The lowest BCUT2D eigenvalue weighted by atomic mass is 10.2. The van der Waals surface area contributed by atoms with Crippen LogP contribution in [0, 0.1) is 0 Å². The summed E-state index contributed by atoms with van der Waals surface area (Å²) in [6, 6.07) is 8.04. The topological polar surface area (TPSA) is 37.8 Å². The molecule has 0 bridgehead atoms. The minimum atomic E-state index is -4.51. The molecule has 2 heterocycles. The fourth-order valence-electron chi connectivity index (χ4n) is 3.19. The summed E-state index contributed by atoms with van der Waals surface area (Å²) in [5, 5.41) is -0.524. The molecule has 1 aliphatic heterocycles. The van der Waals surface area contributed by atoms with Crippen LogP contribution >= 0.6 is 11.6 Å². The molecule has 1 aromatic heterocycles. The van der Waals surface area contributed by atoms with Gasteiger partial charge in [-0.25, -0.2) is 4.98 Å². The first kappa shape index (κ1) is 20.4. The number of hydrogen-bond acceptors (Lipinski definition) is 5. The Morgan fingerprint density at radius 1 is 0.929 bits per heavy atom. The molecule has 152 valence electrons. The van der Waals surface area contributed by atoms with Crippen molar-refractivity contribution in [3.05, 3.63) is 41.0 Å². The lowest BCUT2D eigenvalue weighted by molar-refractivity contribution is -0.137. The van der Waals surface area contributed by atoms with Gasteiger partial charge in [-0.05, 0) is 18.6 Å². The van der Waals surface area contributed by atoms with Gasteiger partial charge >= 0.3 is 6.18 Å². The Morgan fingerprint density at radius 2 is 1.54 bits per heavy atom. The lowest BCUT2D eigenvalue weighted by Gasteiger charge is -2.25. The van der Waals surface area contributed by atoms with Crippen molar-refractivity contribution in [3.8, 4) is 11.5 Å². The minimum Gasteiger partial charge on any atom is -0.497 e. The average Bonchev–Trinajstić information content (AvgIpc) is 2.92. The number of pyridine rings is 1. The van der Waals surface area contributed by atoms with Crippen LogP contribution in [-0.4, -0.2) is 45.4 Å². The largest absolute Gasteiger partial charge is 0.497 e. The van der Waals surface area contributed by atoms with E-state index in [9.17, 15) is 13.2 Å². The molecule has 0 saturated carbocycles.